The lowest BCUT2D eigenvalue weighted by molar-refractivity contribution is -0.134. The van der Waals surface area contributed by atoms with Gasteiger partial charge in [-0.3, -0.25) is 14.7 Å². The number of aromatic nitrogens is 2. The van der Waals surface area contributed by atoms with Crippen molar-refractivity contribution < 1.29 is 14.7 Å². The molecule has 3 N–H and O–H groups in total. The molecule has 0 spiro atoms. The van der Waals surface area contributed by atoms with Crippen LogP contribution in [0, 0.1) is 0 Å². The summed E-state index contributed by atoms with van der Waals surface area (Å²) in [5.74, 6) is -0.104. The molecule has 1 aromatic heterocycles. The molecule has 2 saturated heterocycles. The van der Waals surface area contributed by atoms with Crippen LogP contribution in [-0.2, 0) is 4.79 Å². The van der Waals surface area contributed by atoms with E-state index < -0.39 is 6.10 Å². The fourth-order valence-electron chi connectivity index (χ4n) is 3.53. The Kier molecular flexibility index (Phi) is 4.14. The van der Waals surface area contributed by atoms with Crippen LogP contribution in [0.25, 0.3) is 10.9 Å². The van der Waals surface area contributed by atoms with Crippen LogP contribution in [0.15, 0.2) is 24.3 Å². The highest BCUT2D eigenvalue weighted by Crippen LogP contribution is 2.18. The molecule has 0 bridgehead atoms. The zero-order valence-electron chi connectivity index (χ0n) is 13.8. The summed E-state index contributed by atoms with van der Waals surface area (Å²) in [6.07, 6.45) is 0.00167. The van der Waals surface area contributed by atoms with Crippen molar-refractivity contribution in [2.45, 2.75) is 18.6 Å². The van der Waals surface area contributed by atoms with Gasteiger partial charge in [0.25, 0.3) is 5.91 Å². The smallest absolute Gasteiger partial charge is 0.275 e. The summed E-state index contributed by atoms with van der Waals surface area (Å²) in [4.78, 5) is 28.7. The van der Waals surface area contributed by atoms with Crippen molar-refractivity contribution in [3.8, 4) is 0 Å². The van der Waals surface area contributed by atoms with Gasteiger partial charge in [-0.2, -0.15) is 5.10 Å². The highest BCUT2D eigenvalue weighted by Gasteiger charge is 2.34. The molecule has 2 fully saturated rings. The SMILES string of the molecule is O=C(c1n[nH]c2ccccc12)N1CCN(C(=O)C2CC(O)CN2)CC1. The molecule has 2 unspecified atom stereocenters. The molecule has 2 aliphatic rings. The Balaban J connectivity index is 1.40. The Morgan fingerprint density at radius 2 is 1.84 bits per heavy atom. The summed E-state index contributed by atoms with van der Waals surface area (Å²) in [7, 11) is 0. The van der Waals surface area contributed by atoms with Crippen molar-refractivity contribution in [1.82, 2.24) is 25.3 Å². The number of rotatable bonds is 2. The number of carbonyl (C=O) groups excluding carboxylic acids is 2. The molecule has 3 heterocycles. The molecule has 2 aromatic rings. The number of β-amino-alcohol motifs (C(OH)–C–C–N with tert-alkyl or cyclic N) is 1. The second-order valence-electron chi connectivity index (χ2n) is 6.59. The molecule has 132 valence electrons. The molecule has 0 saturated carbocycles. The van der Waals surface area contributed by atoms with Crippen LogP contribution in [0.3, 0.4) is 0 Å². The van der Waals surface area contributed by atoms with E-state index >= 15 is 0 Å². The van der Waals surface area contributed by atoms with E-state index in [1.807, 2.05) is 24.3 Å². The number of H-pyrrole nitrogens is 1. The van der Waals surface area contributed by atoms with Crippen molar-refractivity contribution in [1.29, 1.82) is 0 Å². The number of aromatic amines is 1. The fraction of sp³-hybridized carbons (Fsp3) is 0.471. The average molecular weight is 343 g/mol. The van der Waals surface area contributed by atoms with Gasteiger partial charge in [-0.1, -0.05) is 18.2 Å². The Labute approximate surface area is 144 Å². The van der Waals surface area contributed by atoms with Crippen molar-refractivity contribution in [3.63, 3.8) is 0 Å². The summed E-state index contributed by atoms with van der Waals surface area (Å²) in [5, 5.41) is 20.5. The van der Waals surface area contributed by atoms with Crippen LogP contribution in [-0.4, -0.2) is 81.8 Å². The number of piperazine rings is 1. The normalized spacial score (nSPS) is 24.0. The van der Waals surface area contributed by atoms with Crippen LogP contribution in [0.1, 0.15) is 16.9 Å². The first-order valence-electron chi connectivity index (χ1n) is 8.56. The lowest BCUT2D eigenvalue weighted by Crippen LogP contribution is -2.54. The lowest BCUT2D eigenvalue weighted by atomic mass is 10.1. The number of benzene rings is 1. The zero-order chi connectivity index (χ0) is 17.4. The number of para-hydroxylation sites is 1. The average Bonchev–Trinajstić information content (AvgIpc) is 3.27. The van der Waals surface area contributed by atoms with Gasteiger partial charge in [0.1, 0.15) is 0 Å². The maximum Gasteiger partial charge on any atom is 0.275 e. The molecule has 2 aliphatic heterocycles. The predicted molar refractivity (Wildman–Crippen MR) is 91.0 cm³/mol. The third-order valence-electron chi connectivity index (χ3n) is 4.96. The van der Waals surface area contributed by atoms with E-state index in [2.05, 4.69) is 15.5 Å². The van der Waals surface area contributed by atoms with E-state index in [4.69, 9.17) is 0 Å². The number of aliphatic hydroxyl groups is 1. The number of nitrogens with zero attached hydrogens (tertiary/aromatic N) is 3. The molecule has 2 amide bonds. The number of hydrogen-bond acceptors (Lipinski definition) is 5. The van der Waals surface area contributed by atoms with Gasteiger partial charge in [-0.25, -0.2) is 0 Å². The fourth-order valence-corrected chi connectivity index (χ4v) is 3.53. The molecule has 4 rings (SSSR count). The van der Waals surface area contributed by atoms with Crippen LogP contribution in [0.5, 0.6) is 0 Å². The molecule has 8 heteroatoms. The molecule has 0 radical (unpaired) electrons. The van der Waals surface area contributed by atoms with Gasteiger partial charge in [0.15, 0.2) is 5.69 Å². The van der Waals surface area contributed by atoms with Crippen molar-refractivity contribution >= 4 is 22.7 Å². The Morgan fingerprint density at radius 1 is 1.12 bits per heavy atom. The minimum absolute atomic E-state index is 0.00821. The molecule has 0 aliphatic carbocycles. The first kappa shape index (κ1) is 16.0. The van der Waals surface area contributed by atoms with Crippen LogP contribution in [0.4, 0.5) is 0 Å². The quantitative estimate of drug-likeness (QED) is 0.687. The second kappa shape index (κ2) is 6.45. The summed E-state index contributed by atoms with van der Waals surface area (Å²) in [6, 6.07) is 7.23. The summed E-state index contributed by atoms with van der Waals surface area (Å²) in [5.41, 5.74) is 1.27. The van der Waals surface area contributed by atoms with Gasteiger partial charge in [-0.15, -0.1) is 0 Å². The van der Waals surface area contributed by atoms with Crippen LogP contribution < -0.4 is 5.32 Å². The zero-order valence-corrected chi connectivity index (χ0v) is 13.8. The van der Waals surface area contributed by atoms with E-state index in [1.54, 1.807) is 9.80 Å². The standard InChI is InChI=1S/C17H21N5O3/c23-11-9-14(18-10-11)16(24)21-5-7-22(8-6-21)17(25)15-12-3-1-2-4-13(12)19-20-15/h1-4,11,14,18,23H,5-10H2,(H,19,20). The summed E-state index contributed by atoms with van der Waals surface area (Å²) in [6.45, 7) is 2.44. The van der Waals surface area contributed by atoms with Gasteiger partial charge in [0, 0.05) is 38.1 Å². The number of nitrogens with one attached hydrogen (secondary N) is 2. The highest BCUT2D eigenvalue weighted by molar-refractivity contribution is 6.04. The van der Waals surface area contributed by atoms with Gasteiger partial charge in [0.05, 0.1) is 17.7 Å². The minimum Gasteiger partial charge on any atom is -0.392 e. The molecule has 1 aromatic carbocycles. The topological polar surface area (TPSA) is 102 Å². The van der Waals surface area contributed by atoms with Crippen molar-refractivity contribution in [3.05, 3.63) is 30.0 Å². The third-order valence-corrected chi connectivity index (χ3v) is 4.96. The Morgan fingerprint density at radius 3 is 2.56 bits per heavy atom. The molecule has 25 heavy (non-hydrogen) atoms. The van der Waals surface area contributed by atoms with Crippen molar-refractivity contribution in [2.24, 2.45) is 0 Å². The second-order valence-corrected chi connectivity index (χ2v) is 6.59. The largest absolute Gasteiger partial charge is 0.392 e. The highest BCUT2D eigenvalue weighted by atomic mass is 16.3. The molecular weight excluding hydrogens is 322 g/mol. The van der Waals surface area contributed by atoms with Gasteiger partial charge in [0.2, 0.25) is 5.91 Å². The van der Waals surface area contributed by atoms with Gasteiger partial charge < -0.3 is 20.2 Å². The van der Waals surface area contributed by atoms with E-state index in [1.165, 1.54) is 0 Å². The number of carbonyl (C=O) groups is 2. The minimum atomic E-state index is -0.454. The van der Waals surface area contributed by atoms with Crippen LogP contribution in [0.2, 0.25) is 0 Å². The van der Waals surface area contributed by atoms with Crippen molar-refractivity contribution in [2.75, 3.05) is 32.7 Å². The molecule has 2 atom stereocenters. The van der Waals surface area contributed by atoms with E-state index in [-0.39, 0.29) is 17.9 Å². The monoisotopic (exact) mass is 343 g/mol. The molecule has 8 nitrogen and oxygen atoms in total. The van der Waals surface area contributed by atoms with Crippen LogP contribution >= 0.6 is 0 Å². The van der Waals surface area contributed by atoms with Gasteiger partial charge >= 0.3 is 0 Å². The maximum absolute atomic E-state index is 12.7. The van der Waals surface area contributed by atoms with E-state index in [9.17, 15) is 14.7 Å². The summed E-state index contributed by atoms with van der Waals surface area (Å²) < 4.78 is 0. The number of fused-ring (bicyclic) bond motifs is 1. The third kappa shape index (κ3) is 2.98. The number of aliphatic hydroxyl groups excluding tert-OH is 1. The number of hydrogen-bond donors (Lipinski definition) is 3. The van der Waals surface area contributed by atoms with E-state index in [0.29, 0.717) is 44.8 Å². The predicted octanol–water partition coefficient (Wildman–Crippen LogP) is -0.430. The maximum atomic E-state index is 12.7. The number of amides is 2. The lowest BCUT2D eigenvalue weighted by Gasteiger charge is -2.35. The first-order chi connectivity index (χ1) is 12.1. The Hall–Kier alpha value is -2.45. The van der Waals surface area contributed by atoms with Gasteiger partial charge in [-0.05, 0) is 12.5 Å². The Bertz CT molecular complexity index is 796. The van der Waals surface area contributed by atoms with E-state index in [0.717, 1.165) is 10.9 Å². The molecular formula is C17H21N5O3. The first-order valence-corrected chi connectivity index (χ1v) is 8.56. The summed E-state index contributed by atoms with van der Waals surface area (Å²) >= 11 is 0.